The van der Waals surface area contributed by atoms with Crippen molar-refractivity contribution < 1.29 is 9.53 Å². The van der Waals surface area contributed by atoms with Gasteiger partial charge in [-0.3, -0.25) is 4.79 Å². The highest BCUT2D eigenvalue weighted by Crippen LogP contribution is 2.18. The molecule has 3 nitrogen and oxygen atoms in total. The van der Waals surface area contributed by atoms with E-state index in [1.165, 1.54) is 11.8 Å². The second-order valence-corrected chi connectivity index (χ2v) is 3.71. The highest BCUT2D eigenvalue weighted by atomic mass is 32.2. The van der Waals surface area contributed by atoms with E-state index >= 15 is 0 Å². The third kappa shape index (κ3) is 3.70. The third-order valence-electron chi connectivity index (χ3n) is 1.54. The van der Waals surface area contributed by atoms with Crippen LogP contribution in [0.5, 0.6) is 0 Å². The van der Waals surface area contributed by atoms with Crippen LogP contribution in [0.2, 0.25) is 0 Å². The van der Waals surface area contributed by atoms with Crippen LogP contribution in [0, 0.1) is 0 Å². The van der Waals surface area contributed by atoms with E-state index in [2.05, 4.69) is 0 Å². The molecule has 0 amide bonds. The first-order valence-corrected chi connectivity index (χ1v) is 5.35. The molecule has 2 N–H and O–H groups in total. The molecule has 0 aliphatic rings. The van der Waals surface area contributed by atoms with E-state index in [4.69, 9.17) is 10.5 Å². The molecular formula is C10H13NO2S. The van der Waals surface area contributed by atoms with E-state index in [9.17, 15) is 4.79 Å². The number of hydrogen-bond acceptors (Lipinski definition) is 4. The number of anilines is 1. The summed E-state index contributed by atoms with van der Waals surface area (Å²) in [7, 11) is 0. The number of esters is 1. The van der Waals surface area contributed by atoms with Crippen molar-refractivity contribution >= 4 is 23.4 Å². The van der Waals surface area contributed by atoms with Crippen LogP contribution in [-0.2, 0) is 9.53 Å². The van der Waals surface area contributed by atoms with Gasteiger partial charge in [0.2, 0.25) is 0 Å². The Kier molecular flexibility index (Phi) is 4.32. The Bertz CT molecular complexity index is 297. The molecule has 0 unspecified atom stereocenters. The summed E-state index contributed by atoms with van der Waals surface area (Å²) in [4.78, 5) is 12.0. The summed E-state index contributed by atoms with van der Waals surface area (Å²) in [6.45, 7) is 2.23. The largest absolute Gasteiger partial charge is 0.465 e. The predicted octanol–water partition coefficient (Wildman–Crippen LogP) is 1.92. The number of hydrogen-bond donors (Lipinski definition) is 1. The number of carbonyl (C=O) groups is 1. The van der Waals surface area contributed by atoms with E-state index in [1.54, 1.807) is 6.92 Å². The van der Waals surface area contributed by atoms with Crippen molar-refractivity contribution in [2.24, 2.45) is 0 Å². The molecule has 4 heteroatoms. The predicted molar refractivity (Wildman–Crippen MR) is 58.2 cm³/mol. The van der Waals surface area contributed by atoms with Crippen molar-refractivity contribution in [2.45, 2.75) is 11.8 Å². The fourth-order valence-corrected chi connectivity index (χ4v) is 1.61. The zero-order valence-electron chi connectivity index (χ0n) is 8.03. The lowest BCUT2D eigenvalue weighted by molar-refractivity contribution is -0.139. The van der Waals surface area contributed by atoms with Gasteiger partial charge < -0.3 is 10.5 Å². The molecule has 0 spiro atoms. The van der Waals surface area contributed by atoms with Gasteiger partial charge in [-0.15, -0.1) is 11.8 Å². The molecule has 76 valence electrons. The zero-order valence-corrected chi connectivity index (χ0v) is 8.84. The van der Waals surface area contributed by atoms with Crippen LogP contribution in [0.3, 0.4) is 0 Å². The van der Waals surface area contributed by atoms with Crippen molar-refractivity contribution in [2.75, 3.05) is 18.1 Å². The minimum Gasteiger partial charge on any atom is -0.465 e. The van der Waals surface area contributed by atoms with Crippen molar-refractivity contribution in [3.63, 3.8) is 0 Å². The number of benzene rings is 1. The molecule has 0 atom stereocenters. The molecule has 0 aliphatic heterocycles. The summed E-state index contributed by atoms with van der Waals surface area (Å²) in [6, 6.07) is 7.40. The number of nitrogen functional groups attached to an aromatic ring is 1. The maximum absolute atomic E-state index is 11.0. The molecule has 1 rings (SSSR count). The van der Waals surface area contributed by atoms with Gasteiger partial charge in [0, 0.05) is 10.6 Å². The number of rotatable bonds is 4. The second kappa shape index (κ2) is 5.54. The minimum absolute atomic E-state index is 0.186. The molecule has 0 saturated heterocycles. The van der Waals surface area contributed by atoms with E-state index in [1.807, 2.05) is 24.3 Å². The summed E-state index contributed by atoms with van der Waals surface area (Å²) >= 11 is 1.45. The first-order chi connectivity index (χ1) is 6.72. The Hall–Kier alpha value is -1.16. The number of thioether (sulfide) groups is 1. The quantitative estimate of drug-likeness (QED) is 0.469. The molecule has 0 fully saturated rings. The SMILES string of the molecule is CCOC(=O)CSc1ccc(N)cc1. The van der Waals surface area contributed by atoms with Crippen LogP contribution < -0.4 is 5.73 Å². The van der Waals surface area contributed by atoms with Gasteiger partial charge in [-0.1, -0.05) is 0 Å². The lowest BCUT2D eigenvalue weighted by Gasteiger charge is -2.02. The van der Waals surface area contributed by atoms with Gasteiger partial charge in [0.15, 0.2) is 0 Å². The monoisotopic (exact) mass is 211 g/mol. The molecule has 0 heterocycles. The van der Waals surface area contributed by atoms with Gasteiger partial charge in [-0.25, -0.2) is 0 Å². The fraction of sp³-hybridized carbons (Fsp3) is 0.300. The topological polar surface area (TPSA) is 52.3 Å². The van der Waals surface area contributed by atoms with Crippen LogP contribution in [0.1, 0.15) is 6.92 Å². The van der Waals surface area contributed by atoms with Gasteiger partial charge in [-0.2, -0.15) is 0 Å². The molecule has 0 saturated carbocycles. The Balaban J connectivity index is 2.38. The van der Waals surface area contributed by atoms with Crippen LogP contribution in [0.25, 0.3) is 0 Å². The Morgan fingerprint density at radius 3 is 2.64 bits per heavy atom. The first kappa shape index (κ1) is 10.9. The number of nitrogens with two attached hydrogens (primary N) is 1. The van der Waals surface area contributed by atoms with Gasteiger partial charge >= 0.3 is 5.97 Å². The highest BCUT2D eigenvalue weighted by Gasteiger charge is 2.02. The summed E-state index contributed by atoms with van der Waals surface area (Å²) in [5, 5.41) is 0. The molecular weight excluding hydrogens is 198 g/mol. The Labute approximate surface area is 87.6 Å². The normalized spacial score (nSPS) is 9.79. The number of ether oxygens (including phenoxy) is 1. The van der Waals surface area contributed by atoms with E-state index in [-0.39, 0.29) is 5.97 Å². The lowest BCUT2D eigenvalue weighted by atomic mass is 10.3. The maximum Gasteiger partial charge on any atom is 0.316 e. The first-order valence-electron chi connectivity index (χ1n) is 4.36. The lowest BCUT2D eigenvalue weighted by Crippen LogP contribution is -2.06. The minimum atomic E-state index is -0.186. The van der Waals surface area contributed by atoms with Crippen LogP contribution in [0.15, 0.2) is 29.2 Å². The standard InChI is InChI=1S/C10H13NO2S/c1-2-13-10(12)7-14-9-5-3-8(11)4-6-9/h3-6H,2,7,11H2,1H3. The van der Waals surface area contributed by atoms with Crippen LogP contribution >= 0.6 is 11.8 Å². The summed E-state index contributed by atoms with van der Waals surface area (Å²) in [5.74, 6) is 0.159. The molecule has 0 aromatic heterocycles. The zero-order chi connectivity index (χ0) is 10.4. The molecule has 1 aromatic carbocycles. The number of carbonyl (C=O) groups excluding carboxylic acids is 1. The highest BCUT2D eigenvalue weighted by molar-refractivity contribution is 8.00. The molecule has 1 aromatic rings. The van der Waals surface area contributed by atoms with E-state index < -0.39 is 0 Å². The second-order valence-electron chi connectivity index (χ2n) is 2.66. The molecule has 0 bridgehead atoms. The van der Waals surface area contributed by atoms with Crippen LogP contribution in [0.4, 0.5) is 5.69 Å². The van der Waals surface area contributed by atoms with Gasteiger partial charge in [0.05, 0.1) is 12.4 Å². The average molecular weight is 211 g/mol. The molecule has 14 heavy (non-hydrogen) atoms. The Morgan fingerprint density at radius 2 is 2.07 bits per heavy atom. The maximum atomic E-state index is 11.0. The van der Waals surface area contributed by atoms with Gasteiger partial charge in [0.1, 0.15) is 0 Å². The molecule has 0 radical (unpaired) electrons. The van der Waals surface area contributed by atoms with Gasteiger partial charge in [-0.05, 0) is 31.2 Å². The summed E-state index contributed by atoms with van der Waals surface area (Å²) in [5.41, 5.74) is 6.26. The van der Waals surface area contributed by atoms with Crippen molar-refractivity contribution in [3.05, 3.63) is 24.3 Å². The Morgan fingerprint density at radius 1 is 1.43 bits per heavy atom. The summed E-state index contributed by atoms with van der Waals surface area (Å²) < 4.78 is 4.80. The average Bonchev–Trinajstić information content (AvgIpc) is 2.17. The van der Waals surface area contributed by atoms with Gasteiger partial charge in [0.25, 0.3) is 0 Å². The van der Waals surface area contributed by atoms with E-state index in [0.717, 1.165) is 10.6 Å². The van der Waals surface area contributed by atoms with Crippen molar-refractivity contribution in [3.8, 4) is 0 Å². The smallest absolute Gasteiger partial charge is 0.316 e. The summed E-state index contributed by atoms with van der Waals surface area (Å²) in [6.07, 6.45) is 0. The van der Waals surface area contributed by atoms with Crippen molar-refractivity contribution in [1.29, 1.82) is 0 Å². The molecule has 0 aliphatic carbocycles. The van der Waals surface area contributed by atoms with E-state index in [0.29, 0.717) is 12.4 Å². The van der Waals surface area contributed by atoms with Crippen LogP contribution in [-0.4, -0.2) is 18.3 Å². The third-order valence-corrected chi connectivity index (χ3v) is 2.53. The van der Waals surface area contributed by atoms with Crippen molar-refractivity contribution in [1.82, 2.24) is 0 Å². The fourth-order valence-electron chi connectivity index (χ4n) is 0.909.